The van der Waals surface area contributed by atoms with E-state index in [1.807, 2.05) is 39.0 Å². The average Bonchev–Trinajstić information content (AvgIpc) is 4.05. The maximum atomic E-state index is 13.7. The molecule has 2 saturated heterocycles. The van der Waals surface area contributed by atoms with E-state index in [9.17, 15) is 24.0 Å². The van der Waals surface area contributed by atoms with Gasteiger partial charge in [-0.05, 0) is 74.4 Å². The monoisotopic (exact) mass is 781 g/mol. The second-order valence-electron chi connectivity index (χ2n) is 14.7. The highest BCUT2D eigenvalue weighted by molar-refractivity contribution is 6.09. The minimum absolute atomic E-state index is 0.153. The first kappa shape index (κ1) is 38.9. The fourth-order valence-electron chi connectivity index (χ4n) is 7.71. The summed E-state index contributed by atoms with van der Waals surface area (Å²) >= 11 is 0. The SMILES string of the molecule is CCC(NC(=O)OC)C(=O)N1CCCC1c1ncc(-c2ccc3c(c2)NC(=O)c2cc(-c4cnc(C5CCCN5C(=O)C(NC(=O)OC)C(C)C)[nH]4)ccc2O3)[nH]1. The van der Waals surface area contributed by atoms with E-state index in [2.05, 4.69) is 35.9 Å². The van der Waals surface area contributed by atoms with Crippen molar-refractivity contribution in [2.24, 2.45) is 5.92 Å². The Kier molecular flexibility index (Phi) is 11.2. The number of nitrogens with one attached hydrogen (secondary N) is 5. The molecule has 5 heterocycles. The molecule has 2 aromatic carbocycles. The fraction of sp³-hybridized carbons (Fsp3) is 0.425. The number of H-pyrrole nitrogens is 2. The number of methoxy groups -OCH3 is 2. The van der Waals surface area contributed by atoms with Gasteiger partial charge < -0.3 is 49.9 Å². The van der Waals surface area contributed by atoms with Crippen molar-refractivity contribution in [1.29, 1.82) is 0 Å². The van der Waals surface area contributed by atoms with Crippen LogP contribution in [0.3, 0.4) is 0 Å². The number of aromatic amines is 2. The number of nitrogens with zero attached hydrogens (tertiary/aromatic N) is 4. The van der Waals surface area contributed by atoms with Gasteiger partial charge in [0.15, 0.2) is 5.75 Å². The molecule has 300 valence electrons. The predicted octanol–water partition coefficient (Wildman–Crippen LogP) is 5.67. The van der Waals surface area contributed by atoms with Crippen LogP contribution in [0.2, 0.25) is 0 Å². The van der Waals surface area contributed by atoms with Crippen molar-refractivity contribution in [2.75, 3.05) is 32.6 Å². The highest BCUT2D eigenvalue weighted by atomic mass is 16.5. The predicted molar refractivity (Wildman–Crippen MR) is 207 cm³/mol. The summed E-state index contributed by atoms with van der Waals surface area (Å²) in [6.07, 6.45) is 5.48. The lowest BCUT2D eigenvalue weighted by molar-refractivity contribution is -0.135. The third-order valence-corrected chi connectivity index (χ3v) is 10.8. The van der Waals surface area contributed by atoms with Crippen molar-refractivity contribution >= 4 is 35.6 Å². The molecule has 5 N–H and O–H groups in total. The second kappa shape index (κ2) is 16.4. The summed E-state index contributed by atoms with van der Waals surface area (Å²) in [7, 11) is 2.53. The van der Waals surface area contributed by atoms with E-state index in [0.29, 0.717) is 77.3 Å². The number of alkyl carbamates (subject to hydrolysis) is 2. The highest BCUT2D eigenvalue weighted by Gasteiger charge is 2.38. The van der Waals surface area contributed by atoms with Crippen LogP contribution >= 0.6 is 0 Å². The maximum absolute atomic E-state index is 13.7. The molecule has 2 aromatic heterocycles. The normalized spacial score (nSPS) is 18.5. The molecule has 4 atom stereocenters. The molecule has 3 aliphatic heterocycles. The van der Waals surface area contributed by atoms with E-state index in [4.69, 9.17) is 14.2 Å². The van der Waals surface area contributed by atoms with Gasteiger partial charge in [-0.2, -0.15) is 0 Å². The van der Waals surface area contributed by atoms with E-state index in [0.717, 1.165) is 24.8 Å². The molecule has 17 heteroatoms. The Morgan fingerprint density at radius 2 is 1.39 bits per heavy atom. The summed E-state index contributed by atoms with van der Waals surface area (Å²) in [4.78, 5) is 84.0. The van der Waals surface area contributed by atoms with Gasteiger partial charge in [0.2, 0.25) is 11.8 Å². The first-order chi connectivity index (χ1) is 27.5. The van der Waals surface area contributed by atoms with Gasteiger partial charge in [0.25, 0.3) is 5.91 Å². The van der Waals surface area contributed by atoms with E-state index in [1.54, 1.807) is 40.4 Å². The minimum Gasteiger partial charge on any atom is -0.454 e. The largest absolute Gasteiger partial charge is 0.454 e. The van der Waals surface area contributed by atoms with Crippen LogP contribution in [0, 0.1) is 5.92 Å². The van der Waals surface area contributed by atoms with Crippen LogP contribution in [0.1, 0.15) is 87.0 Å². The van der Waals surface area contributed by atoms with Crippen molar-refractivity contribution in [3.05, 3.63) is 66.0 Å². The molecular formula is C40H47N9O8. The Hall–Kier alpha value is -6.39. The third-order valence-electron chi connectivity index (χ3n) is 10.8. The molecule has 2 fully saturated rings. The van der Waals surface area contributed by atoms with Crippen molar-refractivity contribution in [3.63, 3.8) is 0 Å². The highest BCUT2D eigenvalue weighted by Crippen LogP contribution is 2.40. The summed E-state index contributed by atoms with van der Waals surface area (Å²) in [5.74, 6) is 1.19. The summed E-state index contributed by atoms with van der Waals surface area (Å²) in [6.45, 7) is 6.64. The van der Waals surface area contributed by atoms with Gasteiger partial charge in [-0.1, -0.05) is 20.8 Å². The van der Waals surface area contributed by atoms with E-state index in [-0.39, 0.29) is 35.7 Å². The van der Waals surface area contributed by atoms with Crippen LogP contribution in [-0.2, 0) is 19.1 Å². The average molecular weight is 782 g/mol. The second-order valence-corrected chi connectivity index (χ2v) is 14.7. The zero-order chi connectivity index (χ0) is 40.4. The molecule has 17 nitrogen and oxygen atoms in total. The number of fused-ring (bicyclic) bond motifs is 2. The number of anilines is 1. The molecule has 0 bridgehead atoms. The third kappa shape index (κ3) is 7.86. The van der Waals surface area contributed by atoms with Crippen LogP contribution in [0.15, 0.2) is 48.8 Å². The Bertz CT molecular complexity index is 2180. The molecule has 5 amide bonds. The zero-order valence-electron chi connectivity index (χ0n) is 32.5. The number of carbonyl (C=O) groups excluding carboxylic acids is 5. The molecule has 57 heavy (non-hydrogen) atoms. The molecule has 0 radical (unpaired) electrons. The first-order valence-corrected chi connectivity index (χ1v) is 19.2. The topological polar surface area (TPSA) is 213 Å². The Morgan fingerprint density at radius 1 is 0.825 bits per heavy atom. The molecule has 4 unspecified atom stereocenters. The van der Waals surface area contributed by atoms with Gasteiger partial charge in [-0.15, -0.1) is 0 Å². The number of aromatic nitrogens is 4. The van der Waals surface area contributed by atoms with Gasteiger partial charge in [-0.25, -0.2) is 19.6 Å². The van der Waals surface area contributed by atoms with E-state index >= 15 is 0 Å². The lowest BCUT2D eigenvalue weighted by Crippen LogP contribution is -2.51. The number of imidazole rings is 2. The number of carbonyl (C=O) groups is 5. The van der Waals surface area contributed by atoms with Crippen molar-refractivity contribution in [3.8, 4) is 34.0 Å². The summed E-state index contributed by atoms with van der Waals surface area (Å²) in [6, 6.07) is 8.73. The van der Waals surface area contributed by atoms with Gasteiger partial charge in [0.1, 0.15) is 29.5 Å². The number of amides is 5. The van der Waals surface area contributed by atoms with Crippen LogP contribution in [0.25, 0.3) is 22.5 Å². The Labute approximate surface area is 329 Å². The quantitative estimate of drug-likeness (QED) is 0.133. The smallest absolute Gasteiger partial charge is 0.407 e. The Balaban J connectivity index is 1.06. The molecule has 3 aliphatic rings. The van der Waals surface area contributed by atoms with Gasteiger partial charge in [-0.3, -0.25) is 14.4 Å². The zero-order valence-corrected chi connectivity index (χ0v) is 32.5. The summed E-state index contributed by atoms with van der Waals surface area (Å²) < 4.78 is 15.7. The lowest BCUT2D eigenvalue weighted by atomic mass is 10.0. The molecule has 7 rings (SSSR count). The van der Waals surface area contributed by atoms with Crippen molar-refractivity contribution in [2.45, 2.75) is 77.0 Å². The van der Waals surface area contributed by atoms with Gasteiger partial charge in [0, 0.05) is 24.2 Å². The minimum atomic E-state index is -0.745. The maximum Gasteiger partial charge on any atom is 0.407 e. The van der Waals surface area contributed by atoms with E-state index < -0.39 is 24.3 Å². The number of likely N-dealkylation sites (tertiary alicyclic amines) is 2. The molecule has 4 aromatic rings. The standard InChI is InChI=1S/C40H47N9O8/c1-6-25(46-39(53)55-4)37(51)48-15-7-9-29(48)34-42-20-28(44-34)23-12-14-32-26(18-23)45-36(50)24-17-22(11-13-31(24)57-32)27-19-41-35(43-27)30-10-8-16-49(30)38(52)33(21(2)3)47-40(54)56-5/h11-14,17-21,25,29-30,33H,6-10,15-16H2,1-5H3,(H,41,43)(H,42,44)(H,45,50)(H,46,53)(H,47,54). The number of hydrogen-bond acceptors (Lipinski definition) is 10. The number of rotatable bonds is 10. The van der Waals surface area contributed by atoms with Crippen LogP contribution < -0.4 is 20.7 Å². The van der Waals surface area contributed by atoms with Crippen molar-refractivity contribution < 1.29 is 38.2 Å². The number of ether oxygens (including phenoxy) is 3. The summed E-state index contributed by atoms with van der Waals surface area (Å²) in [5, 5.41) is 8.28. The molecule has 0 spiro atoms. The Morgan fingerprint density at radius 3 is 1.96 bits per heavy atom. The van der Waals surface area contributed by atoms with Crippen LogP contribution in [0.4, 0.5) is 15.3 Å². The first-order valence-electron chi connectivity index (χ1n) is 19.2. The van der Waals surface area contributed by atoms with Crippen LogP contribution in [0.5, 0.6) is 11.5 Å². The van der Waals surface area contributed by atoms with Gasteiger partial charge in [0.05, 0.1) is 61.3 Å². The number of hydrogen-bond donors (Lipinski definition) is 5. The molecular weight excluding hydrogens is 734 g/mol. The van der Waals surface area contributed by atoms with Gasteiger partial charge >= 0.3 is 12.2 Å². The molecule has 0 aliphatic carbocycles. The summed E-state index contributed by atoms with van der Waals surface area (Å²) in [5.41, 5.74) is 3.62. The number of benzene rings is 2. The van der Waals surface area contributed by atoms with E-state index in [1.165, 1.54) is 14.2 Å². The van der Waals surface area contributed by atoms with Crippen LogP contribution in [-0.4, -0.2) is 99.0 Å². The lowest BCUT2D eigenvalue weighted by Gasteiger charge is -2.30. The van der Waals surface area contributed by atoms with Crippen molar-refractivity contribution in [1.82, 2.24) is 40.4 Å². The molecule has 0 saturated carbocycles. The fourth-order valence-corrected chi connectivity index (χ4v) is 7.71.